The third kappa shape index (κ3) is 3.22. The molecular formula is C16H13IN2O3. The van der Waals surface area contributed by atoms with Crippen molar-refractivity contribution < 1.29 is 14.3 Å². The molecule has 2 aromatic carbocycles. The van der Waals surface area contributed by atoms with Gasteiger partial charge in [-0.2, -0.15) is 0 Å². The minimum atomic E-state index is -0.249. The maximum Gasteiger partial charge on any atom is 0.265 e. The summed E-state index contributed by atoms with van der Waals surface area (Å²) in [5.74, 6) is 0.178. The highest BCUT2D eigenvalue weighted by Crippen LogP contribution is 2.28. The molecule has 1 aliphatic heterocycles. The number of carbonyl (C=O) groups excluding carboxylic acids is 2. The van der Waals surface area contributed by atoms with E-state index in [9.17, 15) is 9.59 Å². The molecule has 22 heavy (non-hydrogen) atoms. The monoisotopic (exact) mass is 408 g/mol. The molecule has 0 radical (unpaired) electrons. The fourth-order valence-corrected chi connectivity index (χ4v) is 2.75. The van der Waals surface area contributed by atoms with E-state index >= 15 is 0 Å². The predicted octanol–water partition coefficient (Wildman–Crippen LogP) is 2.66. The number of hydrogen-bond donors (Lipinski definition) is 1. The molecule has 0 spiro atoms. The number of fused-ring (bicyclic) bond motifs is 1. The summed E-state index contributed by atoms with van der Waals surface area (Å²) in [7, 11) is 0. The quantitative estimate of drug-likeness (QED) is 0.795. The molecule has 1 N–H and O–H groups in total. The highest BCUT2D eigenvalue weighted by atomic mass is 127. The van der Waals surface area contributed by atoms with Gasteiger partial charge in [0.05, 0.1) is 11.4 Å². The molecule has 2 amide bonds. The van der Waals surface area contributed by atoms with Crippen molar-refractivity contribution in [3.63, 3.8) is 0 Å². The number of amides is 2. The summed E-state index contributed by atoms with van der Waals surface area (Å²) in [4.78, 5) is 25.5. The first-order chi connectivity index (χ1) is 10.6. The van der Waals surface area contributed by atoms with E-state index in [1.165, 1.54) is 4.90 Å². The van der Waals surface area contributed by atoms with Crippen molar-refractivity contribution in [1.29, 1.82) is 0 Å². The van der Waals surface area contributed by atoms with Gasteiger partial charge in [-0.25, -0.2) is 0 Å². The van der Waals surface area contributed by atoms with E-state index in [4.69, 9.17) is 4.74 Å². The van der Waals surface area contributed by atoms with E-state index in [0.29, 0.717) is 17.1 Å². The summed E-state index contributed by atoms with van der Waals surface area (Å²) in [6, 6.07) is 14.7. The maximum absolute atomic E-state index is 12.4. The van der Waals surface area contributed by atoms with Crippen LogP contribution < -0.4 is 15.0 Å². The van der Waals surface area contributed by atoms with E-state index in [-0.39, 0.29) is 25.0 Å². The van der Waals surface area contributed by atoms with Gasteiger partial charge < -0.3 is 10.1 Å². The summed E-state index contributed by atoms with van der Waals surface area (Å²) >= 11 is 2.18. The van der Waals surface area contributed by atoms with Gasteiger partial charge in [-0.3, -0.25) is 14.5 Å². The number of rotatable bonds is 3. The second-order valence-corrected chi connectivity index (χ2v) is 6.04. The average molecular weight is 408 g/mol. The van der Waals surface area contributed by atoms with Crippen LogP contribution in [0.15, 0.2) is 48.5 Å². The molecule has 0 unspecified atom stereocenters. The number of hydrogen-bond acceptors (Lipinski definition) is 3. The number of ether oxygens (including phenoxy) is 1. The molecule has 5 nitrogen and oxygen atoms in total. The Labute approximate surface area is 141 Å². The van der Waals surface area contributed by atoms with Crippen LogP contribution in [0.1, 0.15) is 0 Å². The lowest BCUT2D eigenvalue weighted by molar-refractivity contribution is -0.123. The summed E-state index contributed by atoms with van der Waals surface area (Å²) in [5, 5.41) is 2.75. The topological polar surface area (TPSA) is 58.6 Å². The van der Waals surface area contributed by atoms with Crippen molar-refractivity contribution in [3.05, 3.63) is 52.1 Å². The van der Waals surface area contributed by atoms with Gasteiger partial charge in [-0.15, -0.1) is 0 Å². The van der Waals surface area contributed by atoms with Crippen LogP contribution in [0, 0.1) is 3.57 Å². The van der Waals surface area contributed by atoms with Crippen LogP contribution in [0.4, 0.5) is 11.4 Å². The van der Waals surface area contributed by atoms with E-state index < -0.39 is 0 Å². The molecule has 3 rings (SSSR count). The van der Waals surface area contributed by atoms with E-state index in [1.807, 2.05) is 30.3 Å². The molecular weight excluding hydrogens is 395 g/mol. The van der Waals surface area contributed by atoms with Gasteiger partial charge in [0.15, 0.2) is 6.61 Å². The predicted molar refractivity (Wildman–Crippen MR) is 92.1 cm³/mol. The van der Waals surface area contributed by atoms with Gasteiger partial charge in [0, 0.05) is 3.57 Å². The number of para-hydroxylation sites is 2. The number of benzene rings is 2. The Balaban J connectivity index is 1.74. The summed E-state index contributed by atoms with van der Waals surface area (Å²) in [6.07, 6.45) is 0. The van der Waals surface area contributed by atoms with Crippen LogP contribution in [0.2, 0.25) is 0 Å². The summed E-state index contributed by atoms with van der Waals surface area (Å²) in [6.45, 7) is -0.104. The van der Waals surface area contributed by atoms with Crippen LogP contribution in [0.5, 0.6) is 5.75 Å². The largest absolute Gasteiger partial charge is 0.484 e. The summed E-state index contributed by atoms with van der Waals surface area (Å²) in [5.41, 5.74) is 1.33. The Morgan fingerprint density at radius 2 is 2.05 bits per heavy atom. The number of nitrogens with one attached hydrogen (secondary N) is 1. The highest BCUT2D eigenvalue weighted by Gasteiger charge is 2.26. The standard InChI is InChI=1S/C16H13IN2O3/c17-11-4-3-5-12(8-11)22-10-16(21)19-9-15(20)18-13-6-1-2-7-14(13)19/h1-8H,9-10H2,(H,18,20). The third-order valence-electron chi connectivity index (χ3n) is 3.23. The summed E-state index contributed by atoms with van der Waals surface area (Å²) < 4.78 is 6.56. The smallest absolute Gasteiger partial charge is 0.265 e. The van der Waals surface area contributed by atoms with Crippen molar-refractivity contribution in [3.8, 4) is 5.75 Å². The van der Waals surface area contributed by atoms with Crippen molar-refractivity contribution in [2.24, 2.45) is 0 Å². The number of carbonyl (C=O) groups is 2. The van der Waals surface area contributed by atoms with Crippen molar-refractivity contribution in [1.82, 2.24) is 0 Å². The molecule has 1 aliphatic rings. The zero-order valence-electron chi connectivity index (χ0n) is 11.6. The normalized spacial score (nSPS) is 13.3. The van der Waals surface area contributed by atoms with Crippen LogP contribution >= 0.6 is 22.6 Å². The maximum atomic E-state index is 12.4. The Kier molecular flexibility index (Phi) is 4.28. The van der Waals surface area contributed by atoms with Gasteiger partial charge in [0.2, 0.25) is 5.91 Å². The van der Waals surface area contributed by atoms with Crippen molar-refractivity contribution in [2.45, 2.75) is 0 Å². The number of nitrogens with zero attached hydrogens (tertiary/aromatic N) is 1. The zero-order chi connectivity index (χ0) is 15.5. The lowest BCUT2D eigenvalue weighted by atomic mass is 10.2. The molecule has 6 heteroatoms. The minimum Gasteiger partial charge on any atom is -0.484 e. The van der Waals surface area contributed by atoms with Gasteiger partial charge in [-0.1, -0.05) is 18.2 Å². The van der Waals surface area contributed by atoms with Crippen LogP contribution in [0.25, 0.3) is 0 Å². The number of halogens is 1. The van der Waals surface area contributed by atoms with E-state index in [2.05, 4.69) is 27.9 Å². The first-order valence-corrected chi connectivity index (χ1v) is 7.79. The van der Waals surface area contributed by atoms with Crippen molar-refractivity contribution in [2.75, 3.05) is 23.4 Å². The van der Waals surface area contributed by atoms with Crippen LogP contribution in [0.3, 0.4) is 0 Å². The van der Waals surface area contributed by atoms with Gasteiger partial charge in [-0.05, 0) is 52.9 Å². The molecule has 112 valence electrons. The second kappa shape index (κ2) is 6.35. The first kappa shape index (κ1) is 14.8. The Bertz CT molecular complexity index is 733. The molecule has 0 fully saturated rings. The van der Waals surface area contributed by atoms with Crippen LogP contribution in [-0.2, 0) is 9.59 Å². The van der Waals surface area contributed by atoms with Gasteiger partial charge in [0.25, 0.3) is 5.91 Å². The SMILES string of the molecule is O=C1CN(C(=O)COc2cccc(I)c2)c2ccccc2N1. The molecule has 2 aromatic rings. The third-order valence-corrected chi connectivity index (χ3v) is 3.90. The fraction of sp³-hybridized carbons (Fsp3) is 0.125. The Morgan fingerprint density at radius 3 is 2.86 bits per heavy atom. The molecule has 0 saturated heterocycles. The Morgan fingerprint density at radius 1 is 1.23 bits per heavy atom. The lowest BCUT2D eigenvalue weighted by Gasteiger charge is -2.29. The minimum absolute atomic E-state index is 0.00549. The zero-order valence-corrected chi connectivity index (χ0v) is 13.7. The second-order valence-electron chi connectivity index (χ2n) is 4.79. The molecule has 0 atom stereocenters. The Hall–Kier alpha value is -2.09. The highest BCUT2D eigenvalue weighted by molar-refractivity contribution is 14.1. The van der Waals surface area contributed by atoms with Gasteiger partial charge >= 0.3 is 0 Å². The average Bonchev–Trinajstić information content (AvgIpc) is 2.52. The molecule has 0 aromatic heterocycles. The molecule has 0 saturated carbocycles. The lowest BCUT2D eigenvalue weighted by Crippen LogP contribution is -2.44. The van der Waals surface area contributed by atoms with E-state index in [1.54, 1.807) is 18.2 Å². The molecule has 0 aliphatic carbocycles. The first-order valence-electron chi connectivity index (χ1n) is 6.71. The molecule has 1 heterocycles. The van der Waals surface area contributed by atoms with Gasteiger partial charge in [0.1, 0.15) is 12.3 Å². The molecule has 0 bridgehead atoms. The van der Waals surface area contributed by atoms with E-state index in [0.717, 1.165) is 3.57 Å². The van der Waals surface area contributed by atoms with Crippen molar-refractivity contribution >= 4 is 45.8 Å². The van der Waals surface area contributed by atoms with Crippen LogP contribution in [-0.4, -0.2) is 25.0 Å². The number of anilines is 2. The fourth-order valence-electron chi connectivity index (χ4n) is 2.24.